The van der Waals surface area contributed by atoms with Gasteiger partial charge in [0.25, 0.3) is 6.43 Å². The second-order valence-corrected chi connectivity index (χ2v) is 9.65. The molecule has 2 aliphatic heterocycles. The first kappa shape index (κ1) is 24.9. The number of nitrogens with zero attached hydrogens (tertiary/aromatic N) is 5. The molecule has 1 fully saturated rings. The zero-order valence-electron chi connectivity index (χ0n) is 21.1. The number of carbonyl (C=O) groups is 1. The summed E-state index contributed by atoms with van der Waals surface area (Å²) in [7, 11) is 3.47. The number of rotatable bonds is 4. The number of anilines is 2. The minimum absolute atomic E-state index is 0.00418. The van der Waals surface area contributed by atoms with Crippen molar-refractivity contribution in [3.63, 3.8) is 0 Å². The number of hydrogen-bond acceptors (Lipinski definition) is 6. The Morgan fingerprint density at radius 2 is 1.95 bits per heavy atom. The first-order valence-corrected chi connectivity index (χ1v) is 12.1. The summed E-state index contributed by atoms with van der Waals surface area (Å²) in [5.41, 5.74) is 1.03. The highest BCUT2D eigenvalue weighted by Gasteiger charge is 2.35. The number of alkyl halides is 2. The number of amides is 2. The van der Waals surface area contributed by atoms with Crippen LogP contribution in [0.4, 0.5) is 29.5 Å². The van der Waals surface area contributed by atoms with Crippen LogP contribution in [0.1, 0.15) is 36.3 Å². The number of piperazine rings is 1. The Labute approximate surface area is 213 Å². The fourth-order valence-electron chi connectivity index (χ4n) is 5.02. The fourth-order valence-corrected chi connectivity index (χ4v) is 5.02. The first-order valence-electron chi connectivity index (χ1n) is 12.1. The van der Waals surface area contributed by atoms with Crippen molar-refractivity contribution in [3.05, 3.63) is 53.1 Å². The molecule has 0 unspecified atom stereocenters. The van der Waals surface area contributed by atoms with Gasteiger partial charge in [-0.25, -0.2) is 27.9 Å². The number of nitrogens with one attached hydrogen (secondary N) is 1. The number of hydrogen-bond donors (Lipinski definition) is 1. The average molecular weight is 515 g/mol. The van der Waals surface area contributed by atoms with Crippen LogP contribution in [-0.2, 0) is 0 Å². The van der Waals surface area contributed by atoms with Crippen molar-refractivity contribution in [2.45, 2.75) is 32.4 Å². The molecular weight excluding hydrogens is 485 g/mol. The van der Waals surface area contributed by atoms with Crippen LogP contribution in [0.3, 0.4) is 0 Å². The number of fused-ring (bicyclic) bond motifs is 4. The molecule has 11 heteroatoms. The van der Waals surface area contributed by atoms with Crippen molar-refractivity contribution in [2.24, 2.45) is 0 Å². The topological polar surface area (TPSA) is 73.8 Å². The number of ether oxygens (including phenoxy) is 1. The zero-order valence-corrected chi connectivity index (χ0v) is 21.1. The molecular formula is C26H29F3N6O2. The van der Waals surface area contributed by atoms with E-state index >= 15 is 0 Å². The number of halogens is 3. The van der Waals surface area contributed by atoms with E-state index in [0.29, 0.717) is 54.5 Å². The van der Waals surface area contributed by atoms with Gasteiger partial charge in [-0.3, -0.25) is 0 Å². The van der Waals surface area contributed by atoms with Gasteiger partial charge in [0.2, 0.25) is 0 Å². The van der Waals surface area contributed by atoms with Gasteiger partial charge in [-0.15, -0.1) is 0 Å². The van der Waals surface area contributed by atoms with Crippen molar-refractivity contribution in [3.8, 4) is 5.75 Å². The molecule has 0 saturated carbocycles. The standard InChI is InChI=1S/C26H29F3N6O2/c1-14(17-6-5-7-18(23(17)27)24(28)29)30-25-19-10-21-22(11-20(19)31-15(2)32-25)37-13-16-12-34(8-9-35(16)21)26(36)33(3)4/h5-7,10-11,14,16,24H,8-9,12-13H2,1-4H3,(H,30,31,32)/t14-,16-/m1/s1. The first-order chi connectivity index (χ1) is 17.6. The van der Waals surface area contributed by atoms with Gasteiger partial charge < -0.3 is 24.8 Å². The molecule has 37 heavy (non-hydrogen) atoms. The number of urea groups is 1. The third-order valence-corrected chi connectivity index (χ3v) is 6.88. The van der Waals surface area contributed by atoms with Crippen LogP contribution in [0.2, 0.25) is 0 Å². The normalized spacial score (nSPS) is 17.8. The molecule has 3 aromatic rings. The minimum atomic E-state index is -2.90. The number of aromatic nitrogens is 2. The summed E-state index contributed by atoms with van der Waals surface area (Å²) >= 11 is 0. The van der Waals surface area contributed by atoms with Crippen molar-refractivity contribution >= 4 is 28.4 Å². The molecule has 0 spiro atoms. The molecule has 3 heterocycles. The van der Waals surface area contributed by atoms with Crippen LogP contribution in [0.25, 0.3) is 10.9 Å². The van der Waals surface area contributed by atoms with Gasteiger partial charge in [-0.2, -0.15) is 0 Å². The maximum absolute atomic E-state index is 14.8. The largest absolute Gasteiger partial charge is 0.489 e. The molecule has 2 amide bonds. The van der Waals surface area contributed by atoms with Crippen LogP contribution >= 0.6 is 0 Å². The van der Waals surface area contributed by atoms with Gasteiger partial charge in [-0.1, -0.05) is 18.2 Å². The fraction of sp³-hybridized carbons (Fsp3) is 0.423. The Morgan fingerprint density at radius 3 is 2.68 bits per heavy atom. The Balaban J connectivity index is 1.48. The van der Waals surface area contributed by atoms with Crippen molar-refractivity contribution in [2.75, 3.05) is 50.6 Å². The summed E-state index contributed by atoms with van der Waals surface area (Å²) in [6.07, 6.45) is -2.90. The third kappa shape index (κ3) is 4.58. The smallest absolute Gasteiger partial charge is 0.319 e. The summed E-state index contributed by atoms with van der Waals surface area (Å²) in [5.74, 6) is 0.756. The maximum Gasteiger partial charge on any atom is 0.319 e. The van der Waals surface area contributed by atoms with Gasteiger partial charge >= 0.3 is 6.03 Å². The van der Waals surface area contributed by atoms with Gasteiger partial charge in [0, 0.05) is 50.7 Å². The van der Waals surface area contributed by atoms with Crippen LogP contribution in [0.15, 0.2) is 30.3 Å². The molecule has 1 N–H and O–H groups in total. The Bertz CT molecular complexity index is 1350. The minimum Gasteiger partial charge on any atom is -0.489 e. The van der Waals surface area contributed by atoms with Gasteiger partial charge in [-0.05, 0) is 19.9 Å². The summed E-state index contributed by atoms with van der Waals surface area (Å²) in [6.45, 7) is 5.67. The van der Waals surface area contributed by atoms with Gasteiger partial charge in [0.15, 0.2) is 0 Å². The van der Waals surface area contributed by atoms with E-state index in [9.17, 15) is 18.0 Å². The molecule has 196 valence electrons. The predicted molar refractivity (Wildman–Crippen MR) is 135 cm³/mol. The molecule has 2 atom stereocenters. The van der Waals surface area contributed by atoms with E-state index < -0.39 is 23.8 Å². The van der Waals surface area contributed by atoms with E-state index in [1.54, 1.807) is 32.8 Å². The SMILES string of the molecule is Cc1nc(N[C@H](C)c2cccc(C(F)F)c2F)c2cc3c(cc2n1)OC[C@H]1CN(C(=O)N(C)C)CCN31. The molecule has 2 aliphatic rings. The van der Waals surface area contributed by atoms with Crippen molar-refractivity contribution in [1.29, 1.82) is 0 Å². The molecule has 1 saturated heterocycles. The summed E-state index contributed by atoms with van der Waals surface area (Å²) in [5, 5.41) is 3.91. The van der Waals surface area contributed by atoms with Crippen LogP contribution in [0.5, 0.6) is 5.75 Å². The van der Waals surface area contributed by atoms with Crippen molar-refractivity contribution < 1.29 is 22.7 Å². The maximum atomic E-state index is 14.8. The lowest BCUT2D eigenvalue weighted by atomic mass is 10.0. The van der Waals surface area contributed by atoms with Crippen molar-refractivity contribution in [1.82, 2.24) is 19.8 Å². The van der Waals surface area contributed by atoms with Crippen LogP contribution < -0.4 is 15.0 Å². The van der Waals surface area contributed by atoms with Gasteiger partial charge in [0.1, 0.15) is 29.8 Å². The van der Waals surface area contributed by atoms with E-state index in [4.69, 9.17) is 4.74 Å². The van der Waals surface area contributed by atoms with Crippen LogP contribution in [-0.4, -0.2) is 72.2 Å². The quantitative estimate of drug-likeness (QED) is 0.542. The van der Waals surface area contributed by atoms with Gasteiger partial charge in [0.05, 0.1) is 28.9 Å². The highest BCUT2D eigenvalue weighted by Crippen LogP contribution is 2.40. The number of benzene rings is 2. The lowest BCUT2D eigenvalue weighted by molar-refractivity contribution is 0.143. The monoisotopic (exact) mass is 514 g/mol. The molecule has 1 aromatic heterocycles. The molecule has 2 aromatic carbocycles. The number of carbonyl (C=O) groups excluding carboxylic acids is 1. The highest BCUT2D eigenvalue weighted by atomic mass is 19.3. The molecule has 0 radical (unpaired) electrons. The predicted octanol–water partition coefficient (Wildman–Crippen LogP) is 4.75. The highest BCUT2D eigenvalue weighted by molar-refractivity contribution is 5.94. The van der Waals surface area contributed by atoms with Crippen LogP contribution in [0, 0.1) is 12.7 Å². The molecule has 8 nitrogen and oxygen atoms in total. The summed E-state index contributed by atoms with van der Waals surface area (Å²) in [6, 6.07) is 7.15. The molecule has 0 bridgehead atoms. The molecule has 0 aliphatic carbocycles. The van der Waals surface area contributed by atoms with E-state index in [1.165, 1.54) is 12.1 Å². The Kier molecular flexibility index (Phi) is 6.47. The second kappa shape index (κ2) is 9.60. The number of aryl methyl sites for hydroxylation is 1. The Hall–Kier alpha value is -3.76. The lowest BCUT2D eigenvalue weighted by Gasteiger charge is -2.46. The molecule has 5 rings (SSSR count). The second-order valence-electron chi connectivity index (χ2n) is 9.65. The van der Waals surface area contributed by atoms with E-state index in [1.807, 2.05) is 17.0 Å². The Morgan fingerprint density at radius 1 is 1.19 bits per heavy atom. The average Bonchev–Trinajstić information content (AvgIpc) is 2.86. The third-order valence-electron chi connectivity index (χ3n) is 6.88. The lowest BCUT2D eigenvalue weighted by Crippen LogP contribution is -2.59. The van der Waals surface area contributed by atoms with E-state index in [2.05, 4.69) is 20.2 Å². The summed E-state index contributed by atoms with van der Waals surface area (Å²) < 4.78 is 47.4. The van der Waals surface area contributed by atoms with E-state index in [-0.39, 0.29) is 17.6 Å². The summed E-state index contributed by atoms with van der Waals surface area (Å²) in [4.78, 5) is 27.2. The van der Waals surface area contributed by atoms with E-state index in [0.717, 1.165) is 11.8 Å². The zero-order chi connectivity index (χ0) is 26.4.